The van der Waals surface area contributed by atoms with Crippen LogP contribution in [0.1, 0.15) is 29.3 Å². The molecule has 5 heteroatoms. The van der Waals surface area contributed by atoms with E-state index < -0.39 is 0 Å². The Bertz CT molecular complexity index is 873. The molecule has 0 saturated heterocycles. The lowest BCUT2D eigenvalue weighted by Crippen LogP contribution is -2.31. The maximum Gasteiger partial charge on any atom is 0.0925 e. The number of nitrogens with one attached hydrogen (secondary N) is 2. The number of aryl methyl sites for hydroxylation is 1. The van der Waals surface area contributed by atoms with E-state index in [1.54, 1.807) is 6.33 Å². The zero-order valence-corrected chi connectivity index (χ0v) is 16.0. The minimum absolute atomic E-state index is 0.187. The molecule has 0 aliphatic heterocycles. The highest BCUT2D eigenvalue weighted by Crippen LogP contribution is 2.40. The standard InChI is InChI=1S/C20H18BrN3S/c21-14-6-8-15(9-7-14)24-20(25)16-10-11-17-19(23-12-22-17)18(16)13-4-2-1-3-5-13/h1-9,12,16,18H,10-11H2,(H,22,23)(H,24,25)/t16-,18+/m0/s1. The van der Waals surface area contributed by atoms with Crippen LogP contribution in [0, 0.1) is 5.92 Å². The number of nitrogens with zero attached hydrogens (tertiary/aromatic N) is 1. The average Bonchev–Trinajstić information content (AvgIpc) is 3.12. The minimum atomic E-state index is 0.187. The topological polar surface area (TPSA) is 40.7 Å². The summed E-state index contributed by atoms with van der Waals surface area (Å²) in [5.74, 6) is 0.420. The van der Waals surface area contributed by atoms with E-state index in [-0.39, 0.29) is 11.8 Å². The largest absolute Gasteiger partial charge is 0.350 e. The molecule has 2 atom stereocenters. The molecule has 0 radical (unpaired) electrons. The number of rotatable bonds is 3. The molecule has 2 aromatic carbocycles. The molecule has 1 aromatic heterocycles. The van der Waals surface area contributed by atoms with Crippen LogP contribution in [0.2, 0.25) is 0 Å². The Morgan fingerprint density at radius 3 is 2.64 bits per heavy atom. The number of imidazole rings is 1. The van der Waals surface area contributed by atoms with Crippen LogP contribution in [0.3, 0.4) is 0 Å². The highest BCUT2D eigenvalue weighted by Gasteiger charge is 2.35. The molecule has 126 valence electrons. The minimum Gasteiger partial charge on any atom is -0.350 e. The lowest BCUT2D eigenvalue weighted by atomic mass is 9.75. The van der Waals surface area contributed by atoms with E-state index in [1.807, 2.05) is 30.3 Å². The molecule has 0 saturated carbocycles. The van der Waals surface area contributed by atoms with E-state index in [0.717, 1.165) is 33.7 Å². The van der Waals surface area contributed by atoms with Gasteiger partial charge in [0, 0.05) is 27.7 Å². The SMILES string of the molecule is S=C(Nc1ccc(Br)cc1)[C@H]1CCc2[nH]cnc2[C@@H]1c1ccccc1. The molecule has 4 rings (SSSR count). The van der Waals surface area contributed by atoms with E-state index in [9.17, 15) is 0 Å². The van der Waals surface area contributed by atoms with Crippen molar-refractivity contribution in [2.24, 2.45) is 5.92 Å². The van der Waals surface area contributed by atoms with Crippen LogP contribution in [-0.2, 0) is 6.42 Å². The van der Waals surface area contributed by atoms with E-state index in [0.29, 0.717) is 0 Å². The van der Waals surface area contributed by atoms with Crippen LogP contribution >= 0.6 is 28.1 Å². The lowest BCUT2D eigenvalue weighted by molar-refractivity contribution is 0.513. The van der Waals surface area contributed by atoms with Crippen molar-refractivity contribution < 1.29 is 0 Å². The summed E-state index contributed by atoms with van der Waals surface area (Å²) in [6, 6.07) is 18.7. The Kier molecular flexibility index (Phi) is 4.68. The highest BCUT2D eigenvalue weighted by atomic mass is 79.9. The van der Waals surface area contributed by atoms with Crippen LogP contribution < -0.4 is 5.32 Å². The molecule has 3 aromatic rings. The van der Waals surface area contributed by atoms with Gasteiger partial charge in [-0.05, 0) is 42.7 Å². The molecular weight excluding hydrogens is 394 g/mol. The first-order valence-corrected chi connectivity index (χ1v) is 9.56. The summed E-state index contributed by atoms with van der Waals surface area (Å²) < 4.78 is 1.06. The maximum absolute atomic E-state index is 5.81. The van der Waals surface area contributed by atoms with Crippen molar-refractivity contribution in [3.63, 3.8) is 0 Å². The first kappa shape index (κ1) is 16.5. The predicted octanol–water partition coefficient (Wildman–Crippen LogP) is 5.31. The predicted molar refractivity (Wildman–Crippen MR) is 109 cm³/mol. The van der Waals surface area contributed by atoms with Crippen LogP contribution in [0.4, 0.5) is 5.69 Å². The zero-order valence-electron chi connectivity index (χ0n) is 13.6. The van der Waals surface area contributed by atoms with Crippen molar-refractivity contribution in [3.8, 4) is 0 Å². The van der Waals surface area contributed by atoms with Crippen LogP contribution in [0.25, 0.3) is 0 Å². The van der Waals surface area contributed by atoms with E-state index in [1.165, 1.54) is 11.3 Å². The summed E-state index contributed by atoms with van der Waals surface area (Å²) in [6.07, 6.45) is 3.79. The summed E-state index contributed by atoms with van der Waals surface area (Å²) in [6.45, 7) is 0. The van der Waals surface area contributed by atoms with E-state index in [4.69, 9.17) is 12.2 Å². The monoisotopic (exact) mass is 411 g/mol. The zero-order chi connectivity index (χ0) is 17.2. The third-order valence-electron chi connectivity index (χ3n) is 4.76. The van der Waals surface area contributed by atoms with Gasteiger partial charge >= 0.3 is 0 Å². The number of hydrogen-bond acceptors (Lipinski definition) is 2. The number of halogens is 1. The van der Waals surface area contributed by atoms with Gasteiger partial charge in [-0.15, -0.1) is 0 Å². The number of H-pyrrole nitrogens is 1. The van der Waals surface area contributed by atoms with Crippen molar-refractivity contribution >= 4 is 38.8 Å². The Hall–Kier alpha value is -1.98. The number of aromatic nitrogens is 2. The Morgan fingerprint density at radius 2 is 1.88 bits per heavy atom. The molecule has 3 nitrogen and oxygen atoms in total. The quantitative estimate of drug-likeness (QED) is 0.573. The molecule has 25 heavy (non-hydrogen) atoms. The summed E-state index contributed by atoms with van der Waals surface area (Å²) in [4.78, 5) is 8.79. The number of fused-ring (bicyclic) bond motifs is 1. The number of benzene rings is 2. The highest BCUT2D eigenvalue weighted by molar-refractivity contribution is 9.10. The molecule has 0 amide bonds. The summed E-state index contributed by atoms with van der Waals surface area (Å²) in [5, 5.41) is 3.43. The third kappa shape index (κ3) is 3.39. The van der Waals surface area contributed by atoms with Crippen molar-refractivity contribution in [1.29, 1.82) is 0 Å². The summed E-state index contributed by atoms with van der Waals surface area (Å²) >= 11 is 9.28. The first-order valence-electron chi connectivity index (χ1n) is 8.36. The van der Waals surface area contributed by atoms with Crippen molar-refractivity contribution in [1.82, 2.24) is 9.97 Å². The van der Waals surface area contributed by atoms with Gasteiger partial charge in [0.2, 0.25) is 0 Å². The van der Waals surface area contributed by atoms with Crippen molar-refractivity contribution in [2.75, 3.05) is 5.32 Å². The molecule has 2 N–H and O–H groups in total. The summed E-state index contributed by atoms with van der Waals surface area (Å²) in [7, 11) is 0. The number of hydrogen-bond donors (Lipinski definition) is 2. The second-order valence-electron chi connectivity index (χ2n) is 6.30. The van der Waals surface area contributed by atoms with Gasteiger partial charge < -0.3 is 10.3 Å². The maximum atomic E-state index is 5.81. The summed E-state index contributed by atoms with van der Waals surface area (Å²) in [5.41, 5.74) is 4.65. The Labute approximate surface area is 161 Å². The molecule has 0 spiro atoms. The number of anilines is 1. The molecular formula is C20H18BrN3S. The van der Waals surface area contributed by atoms with Gasteiger partial charge in [0.15, 0.2) is 0 Å². The number of thiocarbonyl (C=S) groups is 1. The third-order valence-corrected chi connectivity index (χ3v) is 5.69. The fourth-order valence-corrected chi connectivity index (χ4v) is 4.19. The molecule has 1 heterocycles. The average molecular weight is 412 g/mol. The fraction of sp³-hybridized carbons (Fsp3) is 0.200. The normalized spacial score (nSPS) is 19.2. The van der Waals surface area contributed by atoms with Gasteiger partial charge in [0.1, 0.15) is 0 Å². The lowest BCUT2D eigenvalue weighted by Gasteiger charge is -2.32. The van der Waals surface area contributed by atoms with E-state index in [2.05, 4.69) is 55.5 Å². The fourth-order valence-electron chi connectivity index (χ4n) is 3.56. The second-order valence-corrected chi connectivity index (χ2v) is 7.65. The van der Waals surface area contributed by atoms with Crippen LogP contribution in [0.15, 0.2) is 65.4 Å². The molecule has 1 aliphatic carbocycles. The number of aromatic amines is 1. The molecule has 1 aliphatic rings. The van der Waals surface area contributed by atoms with Crippen LogP contribution in [-0.4, -0.2) is 15.0 Å². The second kappa shape index (κ2) is 7.10. The van der Waals surface area contributed by atoms with Gasteiger partial charge in [-0.2, -0.15) is 0 Å². The Balaban J connectivity index is 1.65. The molecule has 0 bridgehead atoms. The van der Waals surface area contributed by atoms with Gasteiger partial charge in [0.05, 0.1) is 17.0 Å². The van der Waals surface area contributed by atoms with Crippen molar-refractivity contribution in [3.05, 3.63) is 82.3 Å². The molecule has 0 unspecified atom stereocenters. The smallest absolute Gasteiger partial charge is 0.0925 e. The van der Waals surface area contributed by atoms with E-state index >= 15 is 0 Å². The van der Waals surface area contributed by atoms with Crippen molar-refractivity contribution in [2.45, 2.75) is 18.8 Å². The van der Waals surface area contributed by atoms with Gasteiger partial charge in [0.25, 0.3) is 0 Å². The Morgan fingerprint density at radius 1 is 1.12 bits per heavy atom. The van der Waals surface area contributed by atoms with Gasteiger partial charge in [-0.3, -0.25) is 0 Å². The van der Waals surface area contributed by atoms with Crippen LogP contribution in [0.5, 0.6) is 0 Å². The van der Waals surface area contributed by atoms with Gasteiger partial charge in [-0.25, -0.2) is 4.98 Å². The first-order chi connectivity index (χ1) is 12.2. The van der Waals surface area contributed by atoms with Gasteiger partial charge in [-0.1, -0.05) is 58.5 Å². The molecule has 0 fully saturated rings.